The molecule has 0 spiro atoms. The smallest absolute Gasteiger partial charge is 0.0363 e. The van der Waals surface area contributed by atoms with E-state index in [4.69, 9.17) is 0 Å². The minimum absolute atomic E-state index is 0.496. The molecule has 2 rings (SSSR count). The van der Waals surface area contributed by atoms with E-state index in [1.165, 1.54) is 43.2 Å². The van der Waals surface area contributed by atoms with Crippen molar-refractivity contribution in [2.24, 2.45) is 11.8 Å². The molecule has 1 N–H and O–H groups in total. The SMILES string of the molecule is CCNC(c1cncc(C)c1)C1CCC(CC)CC1. The van der Waals surface area contributed by atoms with E-state index in [0.29, 0.717) is 6.04 Å². The van der Waals surface area contributed by atoms with Crippen molar-refractivity contribution in [2.45, 2.75) is 58.9 Å². The number of nitrogens with one attached hydrogen (secondary N) is 1. The van der Waals surface area contributed by atoms with Crippen LogP contribution in [0.15, 0.2) is 18.5 Å². The molecule has 2 heteroatoms. The van der Waals surface area contributed by atoms with Gasteiger partial charge in [-0.05, 0) is 49.3 Å². The van der Waals surface area contributed by atoms with E-state index in [9.17, 15) is 0 Å². The normalized spacial score (nSPS) is 25.2. The van der Waals surface area contributed by atoms with Crippen LogP contribution in [0.4, 0.5) is 0 Å². The average molecular weight is 260 g/mol. The Kier molecular flexibility index (Phi) is 5.38. The number of rotatable bonds is 5. The lowest BCUT2D eigenvalue weighted by Crippen LogP contribution is -2.31. The molecule has 1 fully saturated rings. The van der Waals surface area contributed by atoms with Gasteiger partial charge in [-0.25, -0.2) is 0 Å². The fourth-order valence-corrected chi connectivity index (χ4v) is 3.45. The lowest BCUT2D eigenvalue weighted by atomic mass is 9.76. The van der Waals surface area contributed by atoms with Crippen LogP contribution >= 0.6 is 0 Å². The Bertz CT molecular complexity index is 381. The molecular weight excluding hydrogens is 232 g/mol. The zero-order chi connectivity index (χ0) is 13.7. The number of aryl methyl sites for hydroxylation is 1. The third-order valence-corrected chi connectivity index (χ3v) is 4.62. The first kappa shape index (κ1) is 14.5. The topological polar surface area (TPSA) is 24.9 Å². The van der Waals surface area contributed by atoms with Gasteiger partial charge in [0.25, 0.3) is 0 Å². The van der Waals surface area contributed by atoms with E-state index in [-0.39, 0.29) is 0 Å². The standard InChI is InChI=1S/C17H28N2/c1-4-14-6-8-15(9-7-14)17(19-5-2)16-10-13(3)11-18-12-16/h10-12,14-15,17,19H,4-9H2,1-3H3. The van der Waals surface area contributed by atoms with Crippen LogP contribution in [-0.2, 0) is 0 Å². The summed E-state index contributed by atoms with van der Waals surface area (Å²) in [6, 6.07) is 2.79. The number of nitrogens with zero attached hydrogens (tertiary/aromatic N) is 1. The molecule has 1 heterocycles. The van der Waals surface area contributed by atoms with Crippen LogP contribution in [-0.4, -0.2) is 11.5 Å². The number of aromatic nitrogens is 1. The maximum atomic E-state index is 4.37. The van der Waals surface area contributed by atoms with Crippen LogP contribution in [0.5, 0.6) is 0 Å². The first-order valence-corrected chi connectivity index (χ1v) is 7.89. The van der Waals surface area contributed by atoms with Crippen LogP contribution in [0, 0.1) is 18.8 Å². The van der Waals surface area contributed by atoms with Gasteiger partial charge in [-0.2, -0.15) is 0 Å². The molecule has 106 valence electrons. The molecule has 1 aromatic heterocycles. The first-order valence-electron chi connectivity index (χ1n) is 7.89. The van der Waals surface area contributed by atoms with Crippen molar-refractivity contribution < 1.29 is 0 Å². The third-order valence-electron chi connectivity index (χ3n) is 4.62. The summed E-state index contributed by atoms with van der Waals surface area (Å²) < 4.78 is 0. The van der Waals surface area contributed by atoms with Crippen LogP contribution in [0.2, 0.25) is 0 Å². The minimum Gasteiger partial charge on any atom is -0.310 e. The summed E-state index contributed by atoms with van der Waals surface area (Å²) >= 11 is 0. The van der Waals surface area contributed by atoms with Crippen molar-refractivity contribution in [3.8, 4) is 0 Å². The highest BCUT2D eigenvalue weighted by Crippen LogP contribution is 2.37. The Labute approximate surface area is 118 Å². The zero-order valence-electron chi connectivity index (χ0n) is 12.7. The summed E-state index contributed by atoms with van der Waals surface area (Å²) in [5.74, 6) is 1.75. The summed E-state index contributed by atoms with van der Waals surface area (Å²) in [4.78, 5) is 4.37. The van der Waals surface area contributed by atoms with Crippen LogP contribution in [0.25, 0.3) is 0 Å². The van der Waals surface area contributed by atoms with Gasteiger partial charge in [0.15, 0.2) is 0 Å². The van der Waals surface area contributed by atoms with Crippen molar-refractivity contribution in [2.75, 3.05) is 6.54 Å². The van der Waals surface area contributed by atoms with Gasteiger partial charge in [-0.15, -0.1) is 0 Å². The summed E-state index contributed by atoms with van der Waals surface area (Å²) in [7, 11) is 0. The molecule has 19 heavy (non-hydrogen) atoms. The van der Waals surface area contributed by atoms with E-state index < -0.39 is 0 Å². The second-order valence-electron chi connectivity index (χ2n) is 6.02. The highest BCUT2D eigenvalue weighted by molar-refractivity contribution is 5.21. The molecule has 0 radical (unpaired) electrons. The molecule has 0 amide bonds. The van der Waals surface area contributed by atoms with Crippen molar-refractivity contribution in [3.05, 3.63) is 29.6 Å². The van der Waals surface area contributed by atoms with Gasteiger partial charge in [0.05, 0.1) is 0 Å². The molecule has 0 saturated heterocycles. The number of hydrogen-bond acceptors (Lipinski definition) is 2. The summed E-state index contributed by atoms with van der Waals surface area (Å²) in [6.07, 6.45) is 10.9. The second kappa shape index (κ2) is 7.04. The van der Waals surface area contributed by atoms with Gasteiger partial charge in [0.1, 0.15) is 0 Å². The summed E-state index contributed by atoms with van der Waals surface area (Å²) in [5, 5.41) is 3.69. The Morgan fingerprint density at radius 3 is 2.53 bits per heavy atom. The van der Waals surface area contributed by atoms with Gasteiger partial charge < -0.3 is 5.32 Å². The van der Waals surface area contributed by atoms with Crippen LogP contribution in [0.1, 0.15) is 63.1 Å². The third kappa shape index (κ3) is 3.79. The van der Waals surface area contributed by atoms with Crippen molar-refractivity contribution in [1.29, 1.82) is 0 Å². The molecule has 0 aromatic carbocycles. The molecule has 0 bridgehead atoms. The largest absolute Gasteiger partial charge is 0.310 e. The molecule has 0 aliphatic heterocycles. The van der Waals surface area contributed by atoms with Crippen molar-refractivity contribution in [3.63, 3.8) is 0 Å². The van der Waals surface area contributed by atoms with Crippen molar-refractivity contribution >= 4 is 0 Å². The second-order valence-corrected chi connectivity index (χ2v) is 6.02. The van der Waals surface area contributed by atoms with E-state index >= 15 is 0 Å². The maximum Gasteiger partial charge on any atom is 0.0363 e. The van der Waals surface area contributed by atoms with E-state index in [1.54, 1.807) is 0 Å². The van der Waals surface area contributed by atoms with Gasteiger partial charge in [0.2, 0.25) is 0 Å². The predicted molar refractivity (Wildman–Crippen MR) is 81.1 cm³/mol. The predicted octanol–water partition coefficient (Wildman–Crippen LogP) is 4.26. The lowest BCUT2D eigenvalue weighted by molar-refractivity contribution is 0.220. The highest BCUT2D eigenvalue weighted by atomic mass is 14.9. The quantitative estimate of drug-likeness (QED) is 0.855. The Balaban J connectivity index is 2.08. The van der Waals surface area contributed by atoms with Gasteiger partial charge in [-0.1, -0.05) is 39.2 Å². The lowest BCUT2D eigenvalue weighted by Gasteiger charge is -2.34. The maximum absolute atomic E-state index is 4.37. The Morgan fingerprint density at radius 2 is 1.95 bits per heavy atom. The van der Waals surface area contributed by atoms with E-state index in [0.717, 1.165) is 18.4 Å². The molecule has 1 aromatic rings. The molecule has 1 unspecified atom stereocenters. The highest BCUT2D eigenvalue weighted by Gasteiger charge is 2.27. The zero-order valence-corrected chi connectivity index (χ0v) is 12.7. The molecular formula is C17H28N2. The fraction of sp³-hybridized carbons (Fsp3) is 0.706. The first-order chi connectivity index (χ1) is 9.24. The molecule has 1 aliphatic rings. The fourth-order valence-electron chi connectivity index (χ4n) is 3.45. The van der Waals surface area contributed by atoms with Gasteiger partial charge in [0, 0.05) is 18.4 Å². The molecule has 1 atom stereocenters. The van der Waals surface area contributed by atoms with Crippen LogP contribution in [0.3, 0.4) is 0 Å². The average Bonchev–Trinajstić information content (AvgIpc) is 2.45. The monoisotopic (exact) mass is 260 g/mol. The van der Waals surface area contributed by atoms with Crippen LogP contribution < -0.4 is 5.32 Å². The minimum atomic E-state index is 0.496. The van der Waals surface area contributed by atoms with Gasteiger partial charge in [-0.3, -0.25) is 4.98 Å². The van der Waals surface area contributed by atoms with E-state index in [1.807, 2.05) is 12.4 Å². The van der Waals surface area contributed by atoms with E-state index in [2.05, 4.69) is 37.1 Å². The van der Waals surface area contributed by atoms with Gasteiger partial charge >= 0.3 is 0 Å². The summed E-state index contributed by atoms with van der Waals surface area (Å²) in [6.45, 7) is 7.70. The Hall–Kier alpha value is -0.890. The number of hydrogen-bond donors (Lipinski definition) is 1. The molecule has 1 saturated carbocycles. The Morgan fingerprint density at radius 1 is 1.21 bits per heavy atom. The number of pyridine rings is 1. The molecule has 1 aliphatic carbocycles. The summed E-state index contributed by atoms with van der Waals surface area (Å²) in [5.41, 5.74) is 2.64. The molecule has 2 nitrogen and oxygen atoms in total. The van der Waals surface area contributed by atoms with Crippen molar-refractivity contribution in [1.82, 2.24) is 10.3 Å².